The van der Waals surface area contributed by atoms with Crippen LogP contribution in [0.25, 0.3) is 0 Å². The van der Waals surface area contributed by atoms with E-state index in [1.165, 1.54) is 20.8 Å². The van der Waals surface area contributed by atoms with Gasteiger partial charge >= 0.3 is 29.8 Å². The van der Waals surface area contributed by atoms with Gasteiger partial charge in [0.05, 0.1) is 17.9 Å². The van der Waals surface area contributed by atoms with E-state index in [-0.39, 0.29) is 31.8 Å². The standard InChI is InChI=1S/C32H45ClO13/c1-14(2)9-12-21(37)45-23-25(38)30(8)20(42-17(5)34)11-10-15(3)22(33)26-32(40,16(4)29(39)46-26)28(44-19(7)36)24(30)31(13-41-31)27(23)43-18(6)35/h14,16,20,22-28,38,40H,3,9-13H2,1-2,4-8H3. The van der Waals surface area contributed by atoms with Gasteiger partial charge in [0.25, 0.3) is 0 Å². The Labute approximate surface area is 273 Å². The Morgan fingerprint density at radius 3 is 2.13 bits per heavy atom. The Bertz CT molecular complexity index is 1260. The summed E-state index contributed by atoms with van der Waals surface area (Å²) < 4.78 is 35.1. The van der Waals surface area contributed by atoms with E-state index in [1.807, 2.05) is 13.8 Å². The molecule has 2 N–H and O–H groups in total. The normalized spacial score (nSPS) is 41.9. The number of hydrogen-bond donors (Lipinski definition) is 2. The monoisotopic (exact) mass is 672 g/mol. The summed E-state index contributed by atoms with van der Waals surface area (Å²) in [6, 6.07) is 0. The number of aliphatic hydroxyl groups excluding tert-OH is 1. The van der Waals surface area contributed by atoms with Crippen molar-refractivity contribution in [3.8, 4) is 0 Å². The van der Waals surface area contributed by atoms with Gasteiger partial charge in [0.1, 0.15) is 23.9 Å². The molecule has 2 aliphatic heterocycles. The minimum Gasteiger partial charge on any atom is -0.462 e. The number of fused-ring (bicyclic) bond motifs is 3. The van der Waals surface area contributed by atoms with E-state index >= 15 is 0 Å². The number of ether oxygens (including phenoxy) is 6. The second kappa shape index (κ2) is 13.0. The van der Waals surface area contributed by atoms with E-state index in [4.69, 9.17) is 40.0 Å². The summed E-state index contributed by atoms with van der Waals surface area (Å²) >= 11 is 6.81. The van der Waals surface area contributed by atoms with Crippen LogP contribution in [0.1, 0.15) is 74.1 Å². The number of epoxide rings is 1. The number of carbonyl (C=O) groups excluding carboxylic acids is 5. The third-order valence-electron chi connectivity index (χ3n) is 10.1. The van der Waals surface area contributed by atoms with E-state index < -0.39 is 100 Å². The van der Waals surface area contributed by atoms with Crippen LogP contribution < -0.4 is 0 Å². The minimum atomic E-state index is -2.34. The van der Waals surface area contributed by atoms with Gasteiger partial charge in [-0.05, 0) is 32.1 Å². The van der Waals surface area contributed by atoms with Crippen LogP contribution in [-0.2, 0) is 52.4 Å². The van der Waals surface area contributed by atoms with Gasteiger partial charge in [0, 0.05) is 38.5 Å². The molecule has 13 nitrogen and oxygen atoms in total. The third kappa shape index (κ3) is 6.15. The number of halogens is 1. The van der Waals surface area contributed by atoms with Gasteiger partial charge < -0.3 is 38.6 Å². The highest BCUT2D eigenvalue weighted by molar-refractivity contribution is 6.23. The van der Waals surface area contributed by atoms with Gasteiger partial charge in [0.15, 0.2) is 23.9 Å². The highest BCUT2D eigenvalue weighted by Gasteiger charge is 2.80. The van der Waals surface area contributed by atoms with Gasteiger partial charge in [-0.15, -0.1) is 11.6 Å². The molecular weight excluding hydrogens is 628 g/mol. The molecule has 0 radical (unpaired) electrons. The van der Waals surface area contributed by atoms with Crippen LogP contribution in [0.15, 0.2) is 12.2 Å². The molecule has 0 aromatic carbocycles. The maximum atomic E-state index is 13.2. The predicted molar refractivity (Wildman–Crippen MR) is 159 cm³/mol. The molecule has 12 unspecified atom stereocenters. The smallest absolute Gasteiger partial charge is 0.312 e. The second-order valence-corrected chi connectivity index (χ2v) is 14.1. The number of hydrogen-bond acceptors (Lipinski definition) is 13. The molecule has 258 valence electrons. The van der Waals surface area contributed by atoms with Crippen LogP contribution in [0.5, 0.6) is 0 Å². The van der Waals surface area contributed by atoms with E-state index in [2.05, 4.69) is 6.58 Å². The maximum Gasteiger partial charge on any atom is 0.312 e. The summed E-state index contributed by atoms with van der Waals surface area (Å²) in [6.45, 7) is 14.1. The molecule has 2 saturated heterocycles. The molecule has 0 aromatic rings. The lowest BCUT2D eigenvalue weighted by Gasteiger charge is -2.59. The fourth-order valence-electron chi connectivity index (χ4n) is 7.61. The minimum absolute atomic E-state index is 0.000453. The number of aliphatic hydroxyl groups is 2. The molecule has 4 rings (SSSR count). The van der Waals surface area contributed by atoms with E-state index in [1.54, 1.807) is 0 Å². The molecule has 0 aromatic heterocycles. The van der Waals surface area contributed by atoms with Crippen molar-refractivity contribution in [3.63, 3.8) is 0 Å². The van der Waals surface area contributed by atoms with Crippen molar-refractivity contribution in [2.24, 2.45) is 23.2 Å². The topological polar surface area (TPSA) is 184 Å². The Morgan fingerprint density at radius 2 is 1.61 bits per heavy atom. The summed E-state index contributed by atoms with van der Waals surface area (Å²) in [4.78, 5) is 64.2. The van der Waals surface area contributed by atoms with Crippen molar-refractivity contribution in [2.45, 2.75) is 127 Å². The summed E-state index contributed by atoms with van der Waals surface area (Å²) in [6.07, 6.45) is -8.53. The molecule has 2 saturated carbocycles. The predicted octanol–water partition coefficient (Wildman–Crippen LogP) is 2.15. The summed E-state index contributed by atoms with van der Waals surface area (Å²) in [5.74, 6) is -6.38. The summed E-state index contributed by atoms with van der Waals surface area (Å²) in [7, 11) is 0. The number of alkyl halides is 1. The molecular formula is C32H45ClO13. The second-order valence-electron chi connectivity index (χ2n) is 13.6. The Morgan fingerprint density at radius 1 is 1.04 bits per heavy atom. The zero-order chi connectivity index (χ0) is 34.5. The van der Waals surface area contributed by atoms with Crippen molar-refractivity contribution in [2.75, 3.05) is 6.61 Å². The molecule has 4 aliphatic rings. The average molecular weight is 673 g/mol. The van der Waals surface area contributed by atoms with Crippen molar-refractivity contribution < 1.29 is 62.6 Å². The zero-order valence-electron chi connectivity index (χ0n) is 27.3. The van der Waals surface area contributed by atoms with E-state index in [0.29, 0.717) is 12.0 Å². The first kappa shape index (κ1) is 36.1. The molecule has 2 aliphatic carbocycles. The number of esters is 5. The first-order chi connectivity index (χ1) is 21.3. The molecule has 0 bridgehead atoms. The quantitative estimate of drug-likeness (QED) is 0.132. The van der Waals surface area contributed by atoms with Crippen LogP contribution >= 0.6 is 11.6 Å². The summed E-state index contributed by atoms with van der Waals surface area (Å²) in [5, 5.41) is 23.9. The van der Waals surface area contributed by atoms with Crippen LogP contribution in [-0.4, -0.2) is 99.9 Å². The highest BCUT2D eigenvalue weighted by Crippen LogP contribution is 2.63. The van der Waals surface area contributed by atoms with Crippen LogP contribution in [0.2, 0.25) is 0 Å². The first-order valence-corrected chi connectivity index (χ1v) is 16.0. The first-order valence-electron chi connectivity index (χ1n) is 15.6. The van der Waals surface area contributed by atoms with Crippen molar-refractivity contribution in [1.82, 2.24) is 0 Å². The molecule has 4 fully saturated rings. The van der Waals surface area contributed by atoms with Crippen molar-refractivity contribution in [3.05, 3.63) is 12.2 Å². The number of rotatable bonds is 7. The van der Waals surface area contributed by atoms with Gasteiger partial charge in [-0.1, -0.05) is 32.9 Å². The Kier molecular flexibility index (Phi) is 10.2. The lowest BCUT2D eigenvalue weighted by Crippen LogP contribution is -2.76. The molecule has 12 atom stereocenters. The number of carbonyl (C=O) groups is 5. The lowest BCUT2D eigenvalue weighted by atomic mass is 9.51. The highest BCUT2D eigenvalue weighted by atomic mass is 35.5. The van der Waals surface area contributed by atoms with E-state index in [9.17, 15) is 34.2 Å². The fourth-order valence-corrected chi connectivity index (χ4v) is 7.97. The summed E-state index contributed by atoms with van der Waals surface area (Å²) in [5.41, 5.74) is -5.43. The average Bonchev–Trinajstić information content (AvgIpc) is 3.71. The molecule has 14 heteroatoms. The van der Waals surface area contributed by atoms with Crippen LogP contribution in [0, 0.1) is 23.2 Å². The van der Waals surface area contributed by atoms with Crippen molar-refractivity contribution in [1.29, 1.82) is 0 Å². The largest absolute Gasteiger partial charge is 0.462 e. The molecule has 46 heavy (non-hydrogen) atoms. The fraction of sp³-hybridized carbons (Fsp3) is 0.781. The molecule has 0 amide bonds. The zero-order valence-corrected chi connectivity index (χ0v) is 28.0. The van der Waals surface area contributed by atoms with Crippen LogP contribution in [0.4, 0.5) is 0 Å². The van der Waals surface area contributed by atoms with E-state index in [0.717, 1.165) is 13.8 Å². The van der Waals surface area contributed by atoms with Crippen molar-refractivity contribution >= 4 is 41.4 Å². The Hall–Kier alpha value is -2.74. The van der Waals surface area contributed by atoms with Crippen LogP contribution in [0.3, 0.4) is 0 Å². The van der Waals surface area contributed by atoms with Gasteiger partial charge in [0.2, 0.25) is 0 Å². The SMILES string of the molecule is C=C1CCC(OC(C)=O)C2(C)C(O)C(OC(=O)CCC(C)C)C(OC(C)=O)C3(CO3)C2C(OC(C)=O)C2(O)C(C)C(=O)OC2C1Cl. The molecule has 1 spiro atoms. The maximum absolute atomic E-state index is 13.2. The Balaban J connectivity index is 2.01. The molecule has 2 heterocycles. The third-order valence-corrected chi connectivity index (χ3v) is 10.6. The lowest BCUT2D eigenvalue weighted by molar-refractivity contribution is -0.282. The van der Waals surface area contributed by atoms with Gasteiger partial charge in [-0.3, -0.25) is 24.0 Å². The van der Waals surface area contributed by atoms with Gasteiger partial charge in [-0.25, -0.2) is 0 Å². The van der Waals surface area contributed by atoms with Gasteiger partial charge in [-0.2, -0.15) is 0 Å².